The molecule has 2 aromatic heterocycles. The number of benzene rings is 3. The van der Waals surface area contributed by atoms with Crippen LogP contribution in [0.4, 0.5) is 0 Å². The average Bonchev–Trinajstić information content (AvgIpc) is 3.34. The third-order valence-corrected chi connectivity index (χ3v) is 6.01. The molecule has 0 aliphatic rings. The molecule has 0 spiro atoms. The molecule has 5 rings (SSSR count). The second kappa shape index (κ2) is 9.10. The molecule has 160 valence electrons. The lowest BCUT2D eigenvalue weighted by Gasteiger charge is -2.09. The van der Waals surface area contributed by atoms with Gasteiger partial charge in [-0.1, -0.05) is 78.5 Å². The average molecular weight is 452 g/mol. The number of fused-ring (bicyclic) bond motifs is 1. The molecule has 0 aliphatic heterocycles. The summed E-state index contributed by atoms with van der Waals surface area (Å²) in [5.41, 5.74) is 2.75. The molecule has 0 atom stereocenters. The van der Waals surface area contributed by atoms with E-state index in [1.807, 2.05) is 66.7 Å². The first-order valence-electron chi connectivity index (χ1n) is 10.2. The quantitative estimate of drug-likeness (QED) is 0.346. The minimum atomic E-state index is -0.180. The Labute approximate surface area is 193 Å². The second-order valence-corrected chi connectivity index (χ2v) is 8.20. The fraction of sp³-hybridized carbons (Fsp3) is 0.0800. The van der Waals surface area contributed by atoms with Gasteiger partial charge in [-0.25, -0.2) is 4.68 Å². The molecule has 3 aromatic carbocycles. The first kappa shape index (κ1) is 20.7. The van der Waals surface area contributed by atoms with Crippen molar-refractivity contribution in [1.29, 1.82) is 5.26 Å². The number of nitriles is 1. The van der Waals surface area contributed by atoms with Crippen LogP contribution in [0.15, 0.2) is 93.3 Å². The topological polar surface area (TPSA) is 97.6 Å². The molecule has 5 aromatic rings. The summed E-state index contributed by atoms with van der Waals surface area (Å²) in [4.78, 5) is 13.0. The van der Waals surface area contributed by atoms with E-state index in [1.165, 1.54) is 16.4 Å². The molecule has 2 heterocycles. The maximum atomic E-state index is 13.0. The summed E-state index contributed by atoms with van der Waals surface area (Å²) >= 11 is 1.35. The van der Waals surface area contributed by atoms with Gasteiger partial charge in [-0.05, 0) is 23.3 Å². The van der Waals surface area contributed by atoms with E-state index >= 15 is 0 Å². The van der Waals surface area contributed by atoms with Crippen LogP contribution in [0.5, 0.6) is 0 Å². The summed E-state index contributed by atoms with van der Waals surface area (Å²) in [6, 6.07) is 26.5. The highest BCUT2D eigenvalue weighted by atomic mass is 32.2. The standard InChI is InChI=1S/C25H17N5O2S/c26-14-18-10-4-5-11-19(18)16-33-25-28-27-23(32-25)22-20-12-6-7-13-21(20)24(31)30(29-22)15-17-8-2-1-3-9-17/h1-13H,15-16H2. The molecule has 8 heteroatoms. The van der Waals surface area contributed by atoms with Gasteiger partial charge in [-0.2, -0.15) is 10.4 Å². The molecule has 0 unspecified atom stereocenters. The van der Waals surface area contributed by atoms with Gasteiger partial charge in [0.2, 0.25) is 0 Å². The molecule has 0 saturated carbocycles. The van der Waals surface area contributed by atoms with Crippen LogP contribution in [-0.2, 0) is 12.3 Å². The van der Waals surface area contributed by atoms with Crippen molar-refractivity contribution in [3.05, 3.63) is 106 Å². The lowest BCUT2D eigenvalue weighted by atomic mass is 10.1. The van der Waals surface area contributed by atoms with E-state index < -0.39 is 0 Å². The number of thioether (sulfide) groups is 1. The molecular formula is C25H17N5O2S. The van der Waals surface area contributed by atoms with E-state index in [0.717, 1.165) is 11.1 Å². The number of nitrogens with zero attached hydrogens (tertiary/aromatic N) is 5. The third kappa shape index (κ3) is 4.27. The number of hydrogen-bond donors (Lipinski definition) is 0. The number of aromatic nitrogens is 4. The Morgan fingerprint density at radius 2 is 1.64 bits per heavy atom. The highest BCUT2D eigenvalue weighted by molar-refractivity contribution is 7.98. The minimum absolute atomic E-state index is 0.180. The van der Waals surface area contributed by atoms with Crippen molar-refractivity contribution in [2.75, 3.05) is 0 Å². The van der Waals surface area contributed by atoms with Gasteiger partial charge in [-0.15, -0.1) is 10.2 Å². The lowest BCUT2D eigenvalue weighted by molar-refractivity contribution is 0.462. The zero-order valence-electron chi connectivity index (χ0n) is 17.4. The van der Waals surface area contributed by atoms with E-state index in [2.05, 4.69) is 21.4 Å². The predicted molar refractivity (Wildman–Crippen MR) is 126 cm³/mol. The molecule has 0 saturated heterocycles. The summed E-state index contributed by atoms with van der Waals surface area (Å²) in [6.07, 6.45) is 0. The smallest absolute Gasteiger partial charge is 0.277 e. The van der Waals surface area contributed by atoms with Gasteiger partial charge in [0.25, 0.3) is 16.7 Å². The summed E-state index contributed by atoms with van der Waals surface area (Å²) in [5, 5.41) is 23.7. The van der Waals surface area contributed by atoms with Crippen molar-refractivity contribution < 1.29 is 4.42 Å². The zero-order chi connectivity index (χ0) is 22.6. The van der Waals surface area contributed by atoms with Crippen molar-refractivity contribution in [3.63, 3.8) is 0 Å². The SMILES string of the molecule is N#Cc1ccccc1CSc1nnc(-c2nn(Cc3ccccc3)c(=O)c3ccccc23)o1. The van der Waals surface area contributed by atoms with Gasteiger partial charge in [0, 0.05) is 11.1 Å². The monoisotopic (exact) mass is 451 g/mol. The fourth-order valence-electron chi connectivity index (χ4n) is 3.52. The fourth-order valence-corrected chi connectivity index (χ4v) is 4.28. The Kier molecular flexibility index (Phi) is 5.70. The molecule has 7 nitrogen and oxygen atoms in total. The van der Waals surface area contributed by atoms with Crippen LogP contribution in [0.1, 0.15) is 16.7 Å². The van der Waals surface area contributed by atoms with Gasteiger partial charge in [-0.3, -0.25) is 4.79 Å². The van der Waals surface area contributed by atoms with Crippen LogP contribution in [-0.4, -0.2) is 20.0 Å². The molecule has 0 amide bonds. The first-order chi connectivity index (χ1) is 16.2. The molecule has 0 radical (unpaired) electrons. The van der Waals surface area contributed by atoms with Gasteiger partial charge in [0.05, 0.1) is 23.6 Å². The molecule has 0 aliphatic carbocycles. The van der Waals surface area contributed by atoms with Crippen LogP contribution in [0.2, 0.25) is 0 Å². The largest absolute Gasteiger partial charge is 0.409 e. The van der Waals surface area contributed by atoms with E-state index in [-0.39, 0.29) is 11.4 Å². The van der Waals surface area contributed by atoms with Crippen molar-refractivity contribution >= 4 is 22.5 Å². The third-order valence-electron chi connectivity index (χ3n) is 5.14. The Morgan fingerprint density at radius 3 is 2.45 bits per heavy atom. The van der Waals surface area contributed by atoms with Crippen LogP contribution in [0.3, 0.4) is 0 Å². The van der Waals surface area contributed by atoms with Crippen molar-refractivity contribution in [2.45, 2.75) is 17.5 Å². The zero-order valence-corrected chi connectivity index (χ0v) is 18.2. The van der Waals surface area contributed by atoms with Crippen LogP contribution < -0.4 is 5.56 Å². The number of rotatable bonds is 6. The van der Waals surface area contributed by atoms with E-state index in [1.54, 1.807) is 12.1 Å². The summed E-state index contributed by atoms with van der Waals surface area (Å²) in [6.45, 7) is 0.332. The van der Waals surface area contributed by atoms with Crippen LogP contribution in [0, 0.1) is 11.3 Å². The molecule has 33 heavy (non-hydrogen) atoms. The van der Waals surface area contributed by atoms with Gasteiger partial charge in [0.1, 0.15) is 0 Å². The van der Waals surface area contributed by atoms with E-state index in [4.69, 9.17) is 4.42 Å². The van der Waals surface area contributed by atoms with Crippen molar-refractivity contribution in [1.82, 2.24) is 20.0 Å². The second-order valence-electron chi connectivity index (χ2n) is 7.27. The van der Waals surface area contributed by atoms with Crippen molar-refractivity contribution in [3.8, 4) is 17.7 Å². The maximum absolute atomic E-state index is 13.0. The Balaban J connectivity index is 1.50. The van der Waals surface area contributed by atoms with E-state index in [9.17, 15) is 10.1 Å². The summed E-state index contributed by atoms with van der Waals surface area (Å²) in [7, 11) is 0. The van der Waals surface area contributed by atoms with Gasteiger partial charge < -0.3 is 4.42 Å². The van der Waals surface area contributed by atoms with E-state index in [0.29, 0.717) is 39.6 Å². The highest BCUT2D eigenvalue weighted by Gasteiger charge is 2.18. The Bertz CT molecular complexity index is 1540. The number of hydrogen-bond acceptors (Lipinski definition) is 7. The molecule has 0 bridgehead atoms. The van der Waals surface area contributed by atoms with Gasteiger partial charge >= 0.3 is 0 Å². The van der Waals surface area contributed by atoms with Crippen molar-refractivity contribution in [2.24, 2.45) is 0 Å². The maximum Gasteiger partial charge on any atom is 0.277 e. The minimum Gasteiger partial charge on any atom is -0.409 e. The highest BCUT2D eigenvalue weighted by Crippen LogP contribution is 2.28. The first-order valence-corrected chi connectivity index (χ1v) is 11.2. The molecular weight excluding hydrogens is 434 g/mol. The summed E-state index contributed by atoms with van der Waals surface area (Å²) in [5.74, 6) is 0.761. The Hall–Kier alpha value is -4.22. The molecule has 0 fully saturated rings. The van der Waals surface area contributed by atoms with Crippen LogP contribution in [0.25, 0.3) is 22.4 Å². The predicted octanol–water partition coefficient (Wildman–Crippen LogP) is 4.66. The lowest BCUT2D eigenvalue weighted by Crippen LogP contribution is -2.24. The van der Waals surface area contributed by atoms with Crippen LogP contribution >= 0.6 is 11.8 Å². The summed E-state index contributed by atoms with van der Waals surface area (Å²) < 4.78 is 7.32. The Morgan fingerprint density at radius 1 is 0.909 bits per heavy atom. The van der Waals surface area contributed by atoms with Gasteiger partial charge in [0.15, 0.2) is 5.69 Å². The molecule has 0 N–H and O–H groups in total. The normalized spacial score (nSPS) is 10.9.